The molecule has 2 aliphatic rings. The summed E-state index contributed by atoms with van der Waals surface area (Å²) in [6.45, 7) is 11.4. The number of nitrogens with one attached hydrogen (secondary N) is 1. The van der Waals surface area contributed by atoms with Crippen molar-refractivity contribution in [2.45, 2.75) is 83.8 Å². The van der Waals surface area contributed by atoms with Crippen LogP contribution in [0, 0.1) is 0 Å². The molecule has 2 unspecified atom stereocenters. The average molecular weight is 430 g/mol. The molecule has 172 valence electrons. The fraction of sp³-hybridized carbons (Fsp3) is 0.680. The Bertz CT molecular complexity index is 731. The number of amides is 2. The van der Waals surface area contributed by atoms with E-state index in [0.717, 1.165) is 25.9 Å². The van der Waals surface area contributed by atoms with E-state index in [1.807, 2.05) is 4.90 Å². The van der Waals surface area contributed by atoms with E-state index in [0.29, 0.717) is 17.9 Å². The number of likely N-dealkylation sites (tertiary alicyclic amines) is 2. The molecule has 2 fully saturated rings. The molecule has 1 aromatic carbocycles. The van der Waals surface area contributed by atoms with Gasteiger partial charge in [-0.15, -0.1) is 0 Å². The second-order valence-corrected chi connectivity index (χ2v) is 9.79. The Balaban J connectivity index is 1.48. The van der Waals surface area contributed by atoms with Gasteiger partial charge in [0, 0.05) is 29.7 Å². The lowest BCUT2D eigenvalue weighted by Gasteiger charge is -2.41. The maximum Gasteiger partial charge on any atom is 0.260 e. The fourth-order valence-corrected chi connectivity index (χ4v) is 4.84. The van der Waals surface area contributed by atoms with Crippen LogP contribution in [0.2, 0.25) is 0 Å². The SMILES string of the molecule is CC1CCCC(C)N1C(=O)COc1ccc(C(=O)NCC(C)(C)N2CCCCC2)cc1. The summed E-state index contributed by atoms with van der Waals surface area (Å²) in [6.07, 6.45) is 7.04. The first-order valence-corrected chi connectivity index (χ1v) is 11.9. The van der Waals surface area contributed by atoms with Crippen molar-refractivity contribution in [1.29, 1.82) is 0 Å². The topological polar surface area (TPSA) is 61.9 Å². The molecule has 2 atom stereocenters. The van der Waals surface area contributed by atoms with Gasteiger partial charge in [0.05, 0.1) is 0 Å². The third-order valence-electron chi connectivity index (χ3n) is 6.85. The number of hydrogen-bond acceptors (Lipinski definition) is 4. The Morgan fingerprint density at radius 1 is 1.00 bits per heavy atom. The Labute approximate surface area is 187 Å². The number of ether oxygens (including phenoxy) is 1. The van der Waals surface area contributed by atoms with E-state index in [1.54, 1.807) is 24.3 Å². The summed E-state index contributed by atoms with van der Waals surface area (Å²) in [6, 6.07) is 7.58. The summed E-state index contributed by atoms with van der Waals surface area (Å²) in [5, 5.41) is 3.08. The van der Waals surface area contributed by atoms with Crippen LogP contribution in [0.1, 0.15) is 76.6 Å². The molecule has 0 aromatic heterocycles. The minimum atomic E-state index is -0.0799. The molecule has 0 aliphatic carbocycles. The minimum Gasteiger partial charge on any atom is -0.484 e. The summed E-state index contributed by atoms with van der Waals surface area (Å²) in [4.78, 5) is 29.6. The van der Waals surface area contributed by atoms with Gasteiger partial charge in [-0.25, -0.2) is 0 Å². The van der Waals surface area contributed by atoms with E-state index in [-0.39, 0.29) is 36.0 Å². The predicted octanol–water partition coefficient (Wildman–Crippen LogP) is 3.85. The molecule has 6 heteroatoms. The third kappa shape index (κ3) is 6.22. The zero-order valence-corrected chi connectivity index (χ0v) is 19.7. The molecule has 2 saturated heterocycles. The molecule has 2 amide bonds. The van der Waals surface area contributed by atoms with Gasteiger partial charge < -0.3 is 15.0 Å². The normalized spacial score (nSPS) is 22.8. The zero-order chi connectivity index (χ0) is 22.4. The molecule has 2 heterocycles. The van der Waals surface area contributed by atoms with Crippen molar-refractivity contribution in [3.63, 3.8) is 0 Å². The van der Waals surface area contributed by atoms with Gasteiger partial charge in [-0.1, -0.05) is 6.42 Å². The number of piperidine rings is 2. The molecule has 6 nitrogen and oxygen atoms in total. The molecule has 3 rings (SSSR count). The third-order valence-corrected chi connectivity index (χ3v) is 6.85. The zero-order valence-electron chi connectivity index (χ0n) is 19.7. The molecular weight excluding hydrogens is 390 g/mol. The van der Waals surface area contributed by atoms with Crippen LogP contribution in [-0.2, 0) is 4.79 Å². The van der Waals surface area contributed by atoms with Crippen molar-refractivity contribution in [2.24, 2.45) is 0 Å². The van der Waals surface area contributed by atoms with Crippen molar-refractivity contribution in [3.8, 4) is 5.75 Å². The van der Waals surface area contributed by atoms with E-state index < -0.39 is 0 Å². The fourth-order valence-electron chi connectivity index (χ4n) is 4.84. The van der Waals surface area contributed by atoms with Crippen molar-refractivity contribution in [3.05, 3.63) is 29.8 Å². The van der Waals surface area contributed by atoms with Gasteiger partial charge in [-0.3, -0.25) is 14.5 Å². The molecule has 31 heavy (non-hydrogen) atoms. The van der Waals surface area contributed by atoms with E-state index >= 15 is 0 Å². The highest BCUT2D eigenvalue weighted by Crippen LogP contribution is 2.23. The van der Waals surface area contributed by atoms with Gasteiger partial charge >= 0.3 is 0 Å². The number of benzene rings is 1. The van der Waals surface area contributed by atoms with Crippen molar-refractivity contribution < 1.29 is 14.3 Å². The van der Waals surface area contributed by atoms with E-state index in [9.17, 15) is 9.59 Å². The van der Waals surface area contributed by atoms with Gasteiger partial charge in [0.2, 0.25) is 0 Å². The quantitative estimate of drug-likeness (QED) is 0.715. The molecule has 0 bridgehead atoms. The summed E-state index contributed by atoms with van der Waals surface area (Å²) >= 11 is 0. The highest BCUT2D eigenvalue weighted by Gasteiger charge is 2.29. The van der Waals surface area contributed by atoms with Crippen molar-refractivity contribution in [1.82, 2.24) is 15.1 Å². The van der Waals surface area contributed by atoms with Crippen molar-refractivity contribution >= 4 is 11.8 Å². The highest BCUT2D eigenvalue weighted by atomic mass is 16.5. The molecule has 0 saturated carbocycles. The van der Waals surface area contributed by atoms with Crippen LogP contribution in [0.15, 0.2) is 24.3 Å². The Hall–Kier alpha value is -2.08. The average Bonchev–Trinajstić information content (AvgIpc) is 2.77. The number of carbonyl (C=O) groups is 2. The molecular formula is C25H39N3O3. The van der Waals surface area contributed by atoms with Gasteiger partial charge in [0.15, 0.2) is 6.61 Å². The van der Waals surface area contributed by atoms with Gasteiger partial charge in [-0.2, -0.15) is 0 Å². The first-order valence-electron chi connectivity index (χ1n) is 11.9. The van der Waals surface area contributed by atoms with Crippen molar-refractivity contribution in [2.75, 3.05) is 26.2 Å². The minimum absolute atomic E-state index is 0.0291. The largest absolute Gasteiger partial charge is 0.484 e. The van der Waals surface area contributed by atoms with Gasteiger partial charge in [0.25, 0.3) is 11.8 Å². The van der Waals surface area contributed by atoms with E-state index in [2.05, 4.69) is 37.9 Å². The first-order chi connectivity index (χ1) is 14.8. The maximum atomic E-state index is 12.6. The Kier molecular flexibility index (Phi) is 7.98. The lowest BCUT2D eigenvalue weighted by Crippen LogP contribution is -2.53. The lowest BCUT2D eigenvalue weighted by molar-refractivity contribution is -0.139. The summed E-state index contributed by atoms with van der Waals surface area (Å²) in [5.74, 6) is 0.556. The molecule has 0 spiro atoms. The predicted molar refractivity (Wildman–Crippen MR) is 123 cm³/mol. The van der Waals surface area contributed by atoms with Crippen LogP contribution in [0.3, 0.4) is 0 Å². The number of hydrogen-bond donors (Lipinski definition) is 1. The van der Waals surface area contributed by atoms with Crippen LogP contribution < -0.4 is 10.1 Å². The lowest BCUT2D eigenvalue weighted by atomic mass is 9.97. The van der Waals surface area contributed by atoms with Gasteiger partial charge in [-0.05, 0) is 97.2 Å². The molecule has 1 aromatic rings. The standard InChI is InChI=1S/C25H39N3O3/c1-19-9-8-10-20(2)28(19)23(29)17-31-22-13-11-21(12-14-22)24(30)26-18-25(3,4)27-15-6-5-7-16-27/h11-14,19-20H,5-10,15-18H2,1-4H3,(H,26,30). The van der Waals surface area contributed by atoms with Crippen LogP contribution in [0.25, 0.3) is 0 Å². The number of nitrogens with zero attached hydrogens (tertiary/aromatic N) is 2. The number of carbonyl (C=O) groups excluding carboxylic acids is 2. The second kappa shape index (κ2) is 10.5. The molecule has 2 aliphatic heterocycles. The number of rotatable bonds is 7. The monoisotopic (exact) mass is 429 g/mol. The Morgan fingerprint density at radius 3 is 2.23 bits per heavy atom. The van der Waals surface area contributed by atoms with Crippen LogP contribution >= 0.6 is 0 Å². The summed E-state index contributed by atoms with van der Waals surface area (Å²) in [5.41, 5.74) is 0.550. The van der Waals surface area contributed by atoms with E-state index in [4.69, 9.17) is 4.74 Å². The van der Waals surface area contributed by atoms with E-state index in [1.165, 1.54) is 25.7 Å². The summed E-state index contributed by atoms with van der Waals surface area (Å²) < 4.78 is 5.72. The summed E-state index contributed by atoms with van der Waals surface area (Å²) in [7, 11) is 0. The first kappa shape index (κ1) is 23.6. The Morgan fingerprint density at radius 2 is 1.61 bits per heavy atom. The maximum absolute atomic E-state index is 12.6. The van der Waals surface area contributed by atoms with Crippen LogP contribution in [0.4, 0.5) is 0 Å². The molecule has 1 N–H and O–H groups in total. The van der Waals surface area contributed by atoms with Gasteiger partial charge in [0.1, 0.15) is 5.75 Å². The van der Waals surface area contributed by atoms with Crippen LogP contribution in [-0.4, -0.2) is 65.5 Å². The van der Waals surface area contributed by atoms with Crippen LogP contribution in [0.5, 0.6) is 5.75 Å². The highest BCUT2D eigenvalue weighted by molar-refractivity contribution is 5.94. The smallest absolute Gasteiger partial charge is 0.260 e. The second-order valence-electron chi connectivity index (χ2n) is 9.79. The molecule has 0 radical (unpaired) electrons.